The van der Waals surface area contributed by atoms with Crippen LogP contribution in [0, 0.1) is 0 Å². The quantitative estimate of drug-likeness (QED) is 0.798. The lowest BCUT2D eigenvalue weighted by molar-refractivity contribution is -0.125. The molecular formula is C12H13F2NO5. The number of benzene rings is 1. The molecule has 0 aromatic heterocycles. The molecule has 1 aromatic carbocycles. The molecule has 0 saturated carbocycles. The second kappa shape index (κ2) is 6.69. The third kappa shape index (κ3) is 4.08. The molecule has 8 heteroatoms. The molecule has 2 N–H and O–H groups in total. The Morgan fingerprint density at radius 1 is 1.25 bits per heavy atom. The summed E-state index contributed by atoms with van der Waals surface area (Å²) in [6.45, 7) is -1.71. The largest absolute Gasteiger partial charge is 0.493 e. The Balaban J connectivity index is 2.92. The zero-order chi connectivity index (χ0) is 15.3. The zero-order valence-electron chi connectivity index (χ0n) is 10.8. The maximum absolute atomic E-state index is 12.1. The van der Waals surface area contributed by atoms with Gasteiger partial charge < -0.3 is 19.9 Å². The number of amides is 1. The maximum atomic E-state index is 12.1. The molecule has 0 aliphatic heterocycles. The van der Waals surface area contributed by atoms with Gasteiger partial charge in [-0.1, -0.05) is 0 Å². The summed E-state index contributed by atoms with van der Waals surface area (Å²) in [5, 5.41) is 0. The Bertz CT molecular complexity index is 507. The van der Waals surface area contributed by atoms with Gasteiger partial charge in [0.2, 0.25) is 0 Å². The van der Waals surface area contributed by atoms with E-state index in [4.69, 9.17) is 15.2 Å². The number of halogens is 2. The molecule has 1 amide bonds. The number of rotatable bonds is 6. The first-order chi connectivity index (χ1) is 9.35. The fourth-order valence-electron chi connectivity index (χ4n) is 1.27. The lowest BCUT2D eigenvalue weighted by Crippen LogP contribution is -2.30. The Morgan fingerprint density at radius 2 is 1.90 bits per heavy atom. The van der Waals surface area contributed by atoms with Crippen LogP contribution in [-0.4, -0.2) is 31.7 Å². The van der Waals surface area contributed by atoms with E-state index in [0.717, 1.165) is 12.1 Å². The second-order valence-corrected chi connectivity index (χ2v) is 3.69. The highest BCUT2D eigenvalue weighted by atomic mass is 19.3. The molecule has 1 unspecified atom stereocenters. The fraction of sp³-hybridized carbons (Fsp3) is 0.333. The Hall–Kier alpha value is -2.38. The van der Waals surface area contributed by atoms with E-state index in [0.29, 0.717) is 0 Å². The number of hydrogen-bond donors (Lipinski definition) is 1. The van der Waals surface area contributed by atoms with Gasteiger partial charge in [0.1, 0.15) is 0 Å². The fourth-order valence-corrected chi connectivity index (χ4v) is 1.27. The smallest absolute Gasteiger partial charge is 0.387 e. The lowest BCUT2D eigenvalue weighted by Gasteiger charge is -2.12. The van der Waals surface area contributed by atoms with Crippen molar-refractivity contribution < 1.29 is 32.6 Å². The van der Waals surface area contributed by atoms with Crippen molar-refractivity contribution in [3.63, 3.8) is 0 Å². The van der Waals surface area contributed by atoms with E-state index in [2.05, 4.69) is 4.74 Å². The second-order valence-electron chi connectivity index (χ2n) is 3.69. The molecule has 0 fully saturated rings. The molecular weight excluding hydrogens is 276 g/mol. The monoisotopic (exact) mass is 289 g/mol. The van der Waals surface area contributed by atoms with Gasteiger partial charge in [-0.3, -0.25) is 4.79 Å². The number of alkyl halides is 2. The van der Waals surface area contributed by atoms with E-state index in [-0.39, 0.29) is 17.1 Å². The molecule has 0 bridgehead atoms. The Kier molecular flexibility index (Phi) is 5.24. The first-order valence-corrected chi connectivity index (χ1v) is 5.48. The number of primary amides is 1. The Morgan fingerprint density at radius 3 is 2.40 bits per heavy atom. The zero-order valence-corrected chi connectivity index (χ0v) is 10.8. The summed E-state index contributed by atoms with van der Waals surface area (Å²) in [6.07, 6.45) is -1.11. The van der Waals surface area contributed by atoms with Crippen molar-refractivity contribution in [2.24, 2.45) is 5.73 Å². The van der Waals surface area contributed by atoms with Crippen molar-refractivity contribution in [1.82, 2.24) is 0 Å². The normalized spacial score (nSPS) is 11.8. The van der Waals surface area contributed by atoms with Gasteiger partial charge in [-0.2, -0.15) is 8.78 Å². The molecule has 0 spiro atoms. The number of hydrogen-bond acceptors (Lipinski definition) is 5. The molecule has 110 valence electrons. The van der Waals surface area contributed by atoms with Gasteiger partial charge in [0, 0.05) is 0 Å². The van der Waals surface area contributed by atoms with Gasteiger partial charge in [-0.15, -0.1) is 0 Å². The minimum Gasteiger partial charge on any atom is -0.493 e. The third-order valence-corrected chi connectivity index (χ3v) is 2.30. The third-order valence-electron chi connectivity index (χ3n) is 2.30. The van der Waals surface area contributed by atoms with Crippen LogP contribution in [0.5, 0.6) is 11.5 Å². The molecule has 0 radical (unpaired) electrons. The highest BCUT2D eigenvalue weighted by Crippen LogP contribution is 2.29. The van der Waals surface area contributed by atoms with E-state index in [1.807, 2.05) is 0 Å². The summed E-state index contributed by atoms with van der Waals surface area (Å²) in [4.78, 5) is 22.5. The number of ether oxygens (including phenoxy) is 3. The van der Waals surface area contributed by atoms with Gasteiger partial charge in [0.15, 0.2) is 17.6 Å². The molecule has 0 aliphatic rings. The summed E-state index contributed by atoms with van der Waals surface area (Å²) in [5.41, 5.74) is 4.96. The average molecular weight is 289 g/mol. The molecule has 6 nitrogen and oxygen atoms in total. The summed E-state index contributed by atoms with van der Waals surface area (Å²) in [6, 6.07) is 3.50. The number of carbonyl (C=O) groups is 2. The van der Waals surface area contributed by atoms with Crippen LogP contribution in [0.25, 0.3) is 0 Å². The van der Waals surface area contributed by atoms with E-state index >= 15 is 0 Å². The molecule has 1 atom stereocenters. The van der Waals surface area contributed by atoms with Crippen LogP contribution in [0.4, 0.5) is 8.78 Å². The molecule has 1 aromatic rings. The van der Waals surface area contributed by atoms with Crippen molar-refractivity contribution >= 4 is 11.9 Å². The number of nitrogens with two attached hydrogens (primary N) is 1. The summed E-state index contributed by atoms with van der Waals surface area (Å²) < 4.78 is 38.1. The average Bonchev–Trinajstić information content (AvgIpc) is 2.38. The van der Waals surface area contributed by atoms with Crippen LogP contribution in [-0.2, 0) is 9.53 Å². The summed E-state index contributed by atoms with van der Waals surface area (Å²) in [5.74, 6) is -1.92. The minimum atomic E-state index is -3.02. The van der Waals surface area contributed by atoms with Crippen molar-refractivity contribution in [2.45, 2.75) is 19.6 Å². The van der Waals surface area contributed by atoms with Crippen molar-refractivity contribution in [3.05, 3.63) is 23.8 Å². The molecule has 20 heavy (non-hydrogen) atoms. The minimum absolute atomic E-state index is 0.0107. The van der Waals surface area contributed by atoms with Crippen LogP contribution < -0.4 is 15.2 Å². The van der Waals surface area contributed by atoms with Gasteiger partial charge in [0.25, 0.3) is 5.91 Å². The summed E-state index contributed by atoms with van der Waals surface area (Å²) >= 11 is 0. The number of esters is 1. The van der Waals surface area contributed by atoms with Crippen molar-refractivity contribution in [2.75, 3.05) is 7.11 Å². The molecule has 1 rings (SSSR count). The van der Waals surface area contributed by atoms with Crippen LogP contribution in [0.2, 0.25) is 0 Å². The van der Waals surface area contributed by atoms with E-state index in [9.17, 15) is 18.4 Å². The number of carbonyl (C=O) groups excluding carboxylic acids is 2. The first kappa shape index (κ1) is 15.7. The van der Waals surface area contributed by atoms with Crippen molar-refractivity contribution in [3.8, 4) is 11.5 Å². The molecule has 0 heterocycles. The molecule has 0 saturated heterocycles. The van der Waals surface area contributed by atoms with Crippen molar-refractivity contribution in [1.29, 1.82) is 0 Å². The lowest BCUT2D eigenvalue weighted by atomic mass is 10.2. The highest BCUT2D eigenvalue weighted by Gasteiger charge is 2.18. The standard InChI is InChI=1S/C12H13F2NO5/c1-6(10(15)16)19-11(17)7-3-4-8(20-12(13)14)9(5-7)18-2/h3-6,12H,1-2H3,(H2,15,16). The van der Waals surface area contributed by atoms with E-state index in [1.54, 1.807) is 0 Å². The van der Waals surface area contributed by atoms with Gasteiger partial charge in [-0.25, -0.2) is 4.79 Å². The number of methoxy groups -OCH3 is 1. The topological polar surface area (TPSA) is 87.9 Å². The SMILES string of the molecule is COc1cc(C(=O)OC(C)C(N)=O)ccc1OC(F)F. The van der Waals surface area contributed by atoms with Gasteiger partial charge in [-0.05, 0) is 25.1 Å². The van der Waals surface area contributed by atoms with E-state index < -0.39 is 24.6 Å². The first-order valence-electron chi connectivity index (χ1n) is 5.48. The summed E-state index contributed by atoms with van der Waals surface area (Å²) in [7, 11) is 1.23. The van der Waals surface area contributed by atoms with Crippen LogP contribution in [0.3, 0.4) is 0 Å². The molecule has 0 aliphatic carbocycles. The predicted octanol–water partition coefficient (Wildman–Crippen LogP) is 1.33. The Labute approximate surface area is 113 Å². The van der Waals surface area contributed by atoms with E-state index in [1.165, 1.54) is 20.1 Å². The van der Waals surface area contributed by atoms with Gasteiger partial charge >= 0.3 is 12.6 Å². The maximum Gasteiger partial charge on any atom is 0.387 e. The van der Waals surface area contributed by atoms with Gasteiger partial charge in [0.05, 0.1) is 12.7 Å². The van der Waals surface area contributed by atoms with Crippen LogP contribution >= 0.6 is 0 Å². The van der Waals surface area contributed by atoms with Crippen LogP contribution in [0.1, 0.15) is 17.3 Å². The predicted molar refractivity (Wildman–Crippen MR) is 63.7 cm³/mol. The highest BCUT2D eigenvalue weighted by molar-refractivity contribution is 5.92. The van der Waals surface area contributed by atoms with Crippen LogP contribution in [0.15, 0.2) is 18.2 Å².